The van der Waals surface area contributed by atoms with Gasteiger partial charge in [-0.1, -0.05) is 0 Å². The minimum atomic E-state index is 0.103. The van der Waals surface area contributed by atoms with Gasteiger partial charge in [0.1, 0.15) is 0 Å². The highest BCUT2D eigenvalue weighted by molar-refractivity contribution is 4.89. The van der Waals surface area contributed by atoms with E-state index in [-0.39, 0.29) is 5.60 Å². The average molecular weight is 173 g/mol. The van der Waals surface area contributed by atoms with Crippen LogP contribution in [0.4, 0.5) is 0 Å². The molecule has 1 heterocycles. The highest BCUT2D eigenvalue weighted by Crippen LogP contribution is 2.14. The third-order valence-corrected chi connectivity index (χ3v) is 2.09. The minimum Gasteiger partial charge on any atom is -0.382 e. The van der Waals surface area contributed by atoms with Crippen LogP contribution >= 0.6 is 0 Å². The number of hydrogen-bond donors (Lipinski definition) is 1. The van der Waals surface area contributed by atoms with Crippen molar-refractivity contribution < 1.29 is 9.47 Å². The molecule has 1 fully saturated rings. The molecule has 0 aromatic carbocycles. The molecular formula is C9H19NO2. The molecule has 1 aliphatic heterocycles. The summed E-state index contributed by atoms with van der Waals surface area (Å²) < 4.78 is 10.9. The molecule has 0 saturated carbocycles. The van der Waals surface area contributed by atoms with Crippen LogP contribution in [0.3, 0.4) is 0 Å². The Balaban J connectivity index is 1.88. The van der Waals surface area contributed by atoms with Gasteiger partial charge in [-0.2, -0.15) is 0 Å². The first kappa shape index (κ1) is 9.96. The Morgan fingerprint density at radius 1 is 1.33 bits per heavy atom. The second kappa shape index (κ2) is 4.80. The zero-order chi connectivity index (χ0) is 8.86. The third kappa shape index (κ3) is 3.09. The lowest BCUT2D eigenvalue weighted by atomic mass is 10.0. The summed E-state index contributed by atoms with van der Waals surface area (Å²) in [5.74, 6) is 0. The SMILES string of the molecule is CCOCCCOC1(C)CNC1. The van der Waals surface area contributed by atoms with Crippen molar-refractivity contribution in [1.82, 2.24) is 5.32 Å². The van der Waals surface area contributed by atoms with Gasteiger partial charge < -0.3 is 14.8 Å². The third-order valence-electron chi connectivity index (χ3n) is 2.09. The second-order valence-electron chi connectivity index (χ2n) is 3.45. The van der Waals surface area contributed by atoms with Gasteiger partial charge in [0.05, 0.1) is 5.60 Å². The van der Waals surface area contributed by atoms with E-state index in [0.717, 1.165) is 39.3 Å². The van der Waals surface area contributed by atoms with Gasteiger partial charge in [-0.3, -0.25) is 0 Å². The van der Waals surface area contributed by atoms with Gasteiger partial charge in [-0.05, 0) is 20.3 Å². The summed E-state index contributed by atoms with van der Waals surface area (Å²) in [6.45, 7) is 8.57. The quantitative estimate of drug-likeness (QED) is 0.602. The molecule has 0 bridgehead atoms. The smallest absolute Gasteiger partial charge is 0.0901 e. The molecule has 3 heteroatoms. The first-order chi connectivity index (χ1) is 5.77. The van der Waals surface area contributed by atoms with Crippen LogP contribution in [0.1, 0.15) is 20.3 Å². The van der Waals surface area contributed by atoms with Crippen molar-refractivity contribution in [3.63, 3.8) is 0 Å². The van der Waals surface area contributed by atoms with Gasteiger partial charge >= 0.3 is 0 Å². The molecule has 0 spiro atoms. The lowest BCUT2D eigenvalue weighted by Gasteiger charge is -2.39. The van der Waals surface area contributed by atoms with Crippen molar-refractivity contribution in [3.05, 3.63) is 0 Å². The van der Waals surface area contributed by atoms with E-state index >= 15 is 0 Å². The zero-order valence-corrected chi connectivity index (χ0v) is 8.06. The summed E-state index contributed by atoms with van der Waals surface area (Å²) in [7, 11) is 0. The van der Waals surface area contributed by atoms with E-state index in [0.29, 0.717) is 0 Å². The molecule has 72 valence electrons. The van der Waals surface area contributed by atoms with Crippen molar-refractivity contribution in [1.29, 1.82) is 0 Å². The van der Waals surface area contributed by atoms with Crippen LogP contribution in [-0.4, -0.2) is 38.5 Å². The van der Waals surface area contributed by atoms with Crippen LogP contribution in [-0.2, 0) is 9.47 Å². The van der Waals surface area contributed by atoms with Gasteiger partial charge in [0, 0.05) is 32.9 Å². The van der Waals surface area contributed by atoms with Crippen molar-refractivity contribution in [3.8, 4) is 0 Å². The first-order valence-electron chi connectivity index (χ1n) is 4.69. The number of ether oxygens (including phenoxy) is 2. The molecule has 12 heavy (non-hydrogen) atoms. The Labute approximate surface area is 74.4 Å². The molecule has 1 aliphatic rings. The highest BCUT2D eigenvalue weighted by atomic mass is 16.5. The number of nitrogens with one attached hydrogen (secondary N) is 1. The van der Waals surface area contributed by atoms with Crippen LogP contribution < -0.4 is 5.32 Å². The van der Waals surface area contributed by atoms with Crippen LogP contribution in [0.5, 0.6) is 0 Å². The van der Waals surface area contributed by atoms with E-state index in [2.05, 4.69) is 12.2 Å². The number of hydrogen-bond acceptors (Lipinski definition) is 3. The van der Waals surface area contributed by atoms with Crippen molar-refractivity contribution >= 4 is 0 Å². The lowest BCUT2D eigenvalue weighted by molar-refractivity contribution is -0.0717. The Hall–Kier alpha value is -0.120. The van der Waals surface area contributed by atoms with Gasteiger partial charge in [-0.25, -0.2) is 0 Å². The van der Waals surface area contributed by atoms with E-state index in [1.54, 1.807) is 0 Å². The van der Waals surface area contributed by atoms with Gasteiger partial charge in [0.2, 0.25) is 0 Å². The fourth-order valence-electron chi connectivity index (χ4n) is 1.20. The number of rotatable bonds is 6. The minimum absolute atomic E-state index is 0.103. The van der Waals surface area contributed by atoms with E-state index < -0.39 is 0 Å². The van der Waals surface area contributed by atoms with Gasteiger partial charge in [0.15, 0.2) is 0 Å². The highest BCUT2D eigenvalue weighted by Gasteiger charge is 2.31. The summed E-state index contributed by atoms with van der Waals surface area (Å²) in [6, 6.07) is 0. The van der Waals surface area contributed by atoms with Crippen LogP contribution in [0.25, 0.3) is 0 Å². The standard InChI is InChI=1S/C9H19NO2/c1-3-11-5-4-6-12-9(2)7-10-8-9/h10H,3-8H2,1-2H3. The van der Waals surface area contributed by atoms with Crippen molar-refractivity contribution in [2.75, 3.05) is 32.9 Å². The predicted molar refractivity (Wildman–Crippen MR) is 48.3 cm³/mol. The zero-order valence-electron chi connectivity index (χ0n) is 8.06. The predicted octanol–water partition coefficient (Wildman–Crippen LogP) is 0.792. The normalized spacial score (nSPS) is 20.5. The second-order valence-corrected chi connectivity index (χ2v) is 3.45. The molecule has 1 N–H and O–H groups in total. The van der Waals surface area contributed by atoms with E-state index in [9.17, 15) is 0 Å². The maximum Gasteiger partial charge on any atom is 0.0901 e. The Bertz CT molecular complexity index is 124. The van der Waals surface area contributed by atoms with Crippen molar-refractivity contribution in [2.45, 2.75) is 25.9 Å². The van der Waals surface area contributed by atoms with E-state index in [1.165, 1.54) is 0 Å². The van der Waals surface area contributed by atoms with Gasteiger partial charge in [0.25, 0.3) is 0 Å². The average Bonchev–Trinajstić information content (AvgIpc) is 2.01. The Morgan fingerprint density at radius 3 is 2.58 bits per heavy atom. The Morgan fingerprint density at radius 2 is 2.08 bits per heavy atom. The lowest BCUT2D eigenvalue weighted by Crippen LogP contribution is -2.59. The molecular weight excluding hydrogens is 154 g/mol. The molecule has 1 saturated heterocycles. The molecule has 0 unspecified atom stereocenters. The fraction of sp³-hybridized carbons (Fsp3) is 1.00. The summed E-state index contributed by atoms with van der Waals surface area (Å²) in [4.78, 5) is 0. The van der Waals surface area contributed by atoms with Gasteiger partial charge in [-0.15, -0.1) is 0 Å². The largest absolute Gasteiger partial charge is 0.382 e. The summed E-state index contributed by atoms with van der Waals surface area (Å²) >= 11 is 0. The van der Waals surface area contributed by atoms with Crippen LogP contribution in [0.15, 0.2) is 0 Å². The molecule has 3 nitrogen and oxygen atoms in total. The van der Waals surface area contributed by atoms with E-state index in [4.69, 9.17) is 9.47 Å². The molecule has 0 amide bonds. The molecule has 0 radical (unpaired) electrons. The molecule has 0 atom stereocenters. The molecule has 0 aliphatic carbocycles. The summed E-state index contributed by atoms with van der Waals surface area (Å²) in [5.41, 5.74) is 0.103. The fourth-order valence-corrected chi connectivity index (χ4v) is 1.20. The first-order valence-corrected chi connectivity index (χ1v) is 4.69. The summed E-state index contributed by atoms with van der Waals surface area (Å²) in [5, 5.41) is 3.20. The molecule has 0 aromatic heterocycles. The molecule has 1 rings (SSSR count). The van der Waals surface area contributed by atoms with E-state index in [1.807, 2.05) is 6.92 Å². The molecule has 0 aromatic rings. The topological polar surface area (TPSA) is 30.5 Å². The summed E-state index contributed by atoms with van der Waals surface area (Å²) in [6.07, 6.45) is 1.00. The van der Waals surface area contributed by atoms with Crippen molar-refractivity contribution in [2.24, 2.45) is 0 Å². The van der Waals surface area contributed by atoms with Crippen LogP contribution in [0, 0.1) is 0 Å². The monoisotopic (exact) mass is 173 g/mol. The Kier molecular flexibility index (Phi) is 3.98. The maximum absolute atomic E-state index is 5.67. The van der Waals surface area contributed by atoms with Crippen LogP contribution in [0.2, 0.25) is 0 Å². The maximum atomic E-state index is 5.67.